The minimum atomic E-state index is 0.855. The SMILES string of the molecule is CCOCCCCCBr. The van der Waals surface area contributed by atoms with Gasteiger partial charge in [-0.1, -0.05) is 22.4 Å². The van der Waals surface area contributed by atoms with E-state index in [1.165, 1.54) is 19.3 Å². The van der Waals surface area contributed by atoms with Crippen LogP contribution in [0.15, 0.2) is 0 Å². The van der Waals surface area contributed by atoms with Gasteiger partial charge in [-0.15, -0.1) is 0 Å². The van der Waals surface area contributed by atoms with Gasteiger partial charge in [-0.05, 0) is 19.8 Å². The first kappa shape index (κ1) is 9.44. The van der Waals surface area contributed by atoms with Gasteiger partial charge in [0.15, 0.2) is 0 Å². The number of hydrogen-bond acceptors (Lipinski definition) is 1. The molecule has 2 heteroatoms. The first-order valence-electron chi connectivity index (χ1n) is 3.55. The van der Waals surface area contributed by atoms with Crippen LogP contribution >= 0.6 is 15.9 Å². The molecule has 0 fully saturated rings. The van der Waals surface area contributed by atoms with Gasteiger partial charge in [-0.3, -0.25) is 0 Å². The highest BCUT2D eigenvalue weighted by Crippen LogP contribution is 1.97. The average Bonchev–Trinajstić information content (AvgIpc) is 1.89. The van der Waals surface area contributed by atoms with Crippen LogP contribution in [0.1, 0.15) is 26.2 Å². The van der Waals surface area contributed by atoms with Crippen molar-refractivity contribution in [1.82, 2.24) is 0 Å². The molecule has 56 valence electrons. The van der Waals surface area contributed by atoms with Crippen molar-refractivity contribution in [2.45, 2.75) is 26.2 Å². The molecule has 0 aromatic carbocycles. The van der Waals surface area contributed by atoms with E-state index in [2.05, 4.69) is 15.9 Å². The van der Waals surface area contributed by atoms with Crippen molar-refractivity contribution in [2.24, 2.45) is 0 Å². The summed E-state index contributed by atoms with van der Waals surface area (Å²) in [6.07, 6.45) is 3.76. The van der Waals surface area contributed by atoms with Crippen molar-refractivity contribution in [3.63, 3.8) is 0 Å². The van der Waals surface area contributed by atoms with Crippen LogP contribution in [0, 0.1) is 0 Å². The van der Waals surface area contributed by atoms with Gasteiger partial charge in [0.1, 0.15) is 0 Å². The molecule has 0 unspecified atom stereocenters. The van der Waals surface area contributed by atoms with Crippen molar-refractivity contribution in [2.75, 3.05) is 18.5 Å². The van der Waals surface area contributed by atoms with Gasteiger partial charge in [-0.2, -0.15) is 0 Å². The van der Waals surface area contributed by atoms with Gasteiger partial charge in [0, 0.05) is 18.5 Å². The van der Waals surface area contributed by atoms with E-state index < -0.39 is 0 Å². The largest absolute Gasteiger partial charge is 0.382 e. The Kier molecular flexibility index (Phi) is 8.85. The molecule has 0 heterocycles. The second kappa shape index (κ2) is 8.44. The Morgan fingerprint density at radius 2 is 2.00 bits per heavy atom. The topological polar surface area (TPSA) is 9.23 Å². The van der Waals surface area contributed by atoms with Crippen molar-refractivity contribution < 1.29 is 4.74 Å². The van der Waals surface area contributed by atoms with Crippen molar-refractivity contribution in [3.8, 4) is 0 Å². The number of hydrogen-bond donors (Lipinski definition) is 0. The lowest BCUT2D eigenvalue weighted by atomic mass is 10.3. The number of ether oxygens (including phenoxy) is 1. The second-order valence-corrected chi connectivity index (χ2v) is 2.74. The van der Waals surface area contributed by atoms with E-state index in [1.807, 2.05) is 6.92 Å². The third-order valence-corrected chi connectivity index (χ3v) is 1.69. The highest BCUT2D eigenvalue weighted by atomic mass is 79.9. The van der Waals surface area contributed by atoms with Crippen LogP contribution in [-0.2, 0) is 4.74 Å². The van der Waals surface area contributed by atoms with Gasteiger partial charge in [0.05, 0.1) is 0 Å². The fourth-order valence-corrected chi connectivity index (χ4v) is 1.02. The fourth-order valence-electron chi connectivity index (χ4n) is 0.620. The highest BCUT2D eigenvalue weighted by Gasteiger charge is 1.85. The van der Waals surface area contributed by atoms with Gasteiger partial charge in [0.2, 0.25) is 0 Å². The van der Waals surface area contributed by atoms with Gasteiger partial charge >= 0.3 is 0 Å². The van der Waals surface area contributed by atoms with E-state index in [1.54, 1.807) is 0 Å². The summed E-state index contributed by atoms with van der Waals surface area (Å²) in [5, 5.41) is 1.12. The molecule has 0 aliphatic carbocycles. The summed E-state index contributed by atoms with van der Waals surface area (Å²) in [7, 11) is 0. The molecule has 0 aliphatic rings. The highest BCUT2D eigenvalue weighted by molar-refractivity contribution is 9.09. The van der Waals surface area contributed by atoms with Crippen molar-refractivity contribution in [3.05, 3.63) is 0 Å². The smallest absolute Gasteiger partial charge is 0.0465 e. The molecule has 0 atom stereocenters. The monoisotopic (exact) mass is 194 g/mol. The number of halogens is 1. The van der Waals surface area contributed by atoms with Crippen molar-refractivity contribution >= 4 is 15.9 Å². The maximum absolute atomic E-state index is 5.16. The molecule has 0 aromatic heterocycles. The molecular formula is C7H15BrO. The Morgan fingerprint density at radius 3 is 2.56 bits per heavy atom. The predicted molar refractivity (Wildman–Crippen MR) is 44.1 cm³/mol. The summed E-state index contributed by atoms with van der Waals surface area (Å²) in [5.74, 6) is 0. The summed E-state index contributed by atoms with van der Waals surface area (Å²) in [6.45, 7) is 3.82. The zero-order valence-electron chi connectivity index (χ0n) is 6.03. The normalized spacial score (nSPS) is 10.0. The molecule has 0 amide bonds. The van der Waals surface area contributed by atoms with E-state index in [0.717, 1.165) is 18.5 Å². The zero-order chi connectivity index (χ0) is 6.95. The minimum Gasteiger partial charge on any atom is -0.382 e. The molecule has 0 N–H and O–H groups in total. The zero-order valence-corrected chi connectivity index (χ0v) is 7.61. The van der Waals surface area contributed by atoms with Crippen LogP contribution in [0.3, 0.4) is 0 Å². The molecule has 0 aromatic rings. The van der Waals surface area contributed by atoms with Gasteiger partial charge < -0.3 is 4.74 Å². The molecule has 9 heavy (non-hydrogen) atoms. The van der Waals surface area contributed by atoms with E-state index in [9.17, 15) is 0 Å². The lowest BCUT2D eigenvalue weighted by Gasteiger charge is -1.98. The van der Waals surface area contributed by atoms with E-state index in [-0.39, 0.29) is 0 Å². The van der Waals surface area contributed by atoms with E-state index >= 15 is 0 Å². The maximum Gasteiger partial charge on any atom is 0.0465 e. The summed E-state index contributed by atoms with van der Waals surface area (Å²) in [6, 6.07) is 0. The molecule has 0 rings (SSSR count). The first-order chi connectivity index (χ1) is 4.41. The number of rotatable bonds is 6. The molecule has 0 spiro atoms. The summed E-state index contributed by atoms with van der Waals surface area (Å²) < 4.78 is 5.16. The molecule has 1 nitrogen and oxygen atoms in total. The second-order valence-electron chi connectivity index (χ2n) is 1.95. The Morgan fingerprint density at radius 1 is 1.22 bits per heavy atom. The van der Waals surface area contributed by atoms with E-state index in [0.29, 0.717) is 0 Å². The van der Waals surface area contributed by atoms with E-state index in [4.69, 9.17) is 4.74 Å². The molecule has 0 radical (unpaired) electrons. The average molecular weight is 195 g/mol. The third-order valence-electron chi connectivity index (χ3n) is 1.13. The first-order valence-corrected chi connectivity index (χ1v) is 4.67. The van der Waals surface area contributed by atoms with Crippen LogP contribution in [0.4, 0.5) is 0 Å². The predicted octanol–water partition coefficient (Wildman–Crippen LogP) is 2.59. The quantitative estimate of drug-likeness (QED) is 0.467. The van der Waals surface area contributed by atoms with Crippen LogP contribution in [0.5, 0.6) is 0 Å². The Hall–Kier alpha value is 0.440. The summed E-state index contributed by atoms with van der Waals surface area (Å²) in [4.78, 5) is 0. The summed E-state index contributed by atoms with van der Waals surface area (Å²) >= 11 is 3.38. The van der Waals surface area contributed by atoms with Gasteiger partial charge in [0.25, 0.3) is 0 Å². The van der Waals surface area contributed by atoms with Crippen molar-refractivity contribution in [1.29, 1.82) is 0 Å². The number of unbranched alkanes of at least 4 members (excludes halogenated alkanes) is 2. The standard InChI is InChI=1S/C7H15BrO/c1-2-9-7-5-3-4-6-8/h2-7H2,1H3. The minimum absolute atomic E-state index is 0.855. The lowest BCUT2D eigenvalue weighted by Crippen LogP contribution is -1.92. The molecule has 0 aliphatic heterocycles. The maximum atomic E-state index is 5.16. The Labute approximate surface area is 65.9 Å². The molecule has 0 saturated heterocycles. The number of alkyl halides is 1. The van der Waals surface area contributed by atoms with Crippen LogP contribution in [0.25, 0.3) is 0 Å². The Bertz CT molecular complexity index is 42.2. The van der Waals surface area contributed by atoms with Gasteiger partial charge in [-0.25, -0.2) is 0 Å². The van der Waals surface area contributed by atoms with Crippen LogP contribution in [0.2, 0.25) is 0 Å². The van der Waals surface area contributed by atoms with Crippen LogP contribution in [-0.4, -0.2) is 18.5 Å². The third kappa shape index (κ3) is 8.44. The summed E-state index contributed by atoms with van der Waals surface area (Å²) in [5.41, 5.74) is 0. The molecule has 0 saturated carbocycles. The van der Waals surface area contributed by atoms with Crippen LogP contribution < -0.4 is 0 Å². The molecule has 0 bridgehead atoms. The fraction of sp³-hybridized carbons (Fsp3) is 1.00. The lowest BCUT2D eigenvalue weighted by molar-refractivity contribution is 0.143. The molecular weight excluding hydrogens is 180 g/mol. The Balaban J connectivity index is 2.60.